The fraction of sp³-hybridized carbons (Fsp3) is 1.00. The van der Waals surface area contributed by atoms with Crippen molar-refractivity contribution in [2.75, 3.05) is 32.8 Å². The summed E-state index contributed by atoms with van der Waals surface area (Å²) in [5, 5.41) is 3.80. The van der Waals surface area contributed by atoms with Crippen LogP contribution >= 0.6 is 0 Å². The van der Waals surface area contributed by atoms with Crippen LogP contribution < -0.4 is 5.32 Å². The molecule has 1 heterocycles. The Balaban J connectivity index is 1.95. The van der Waals surface area contributed by atoms with Crippen LogP contribution in [-0.2, 0) is 4.74 Å². The molecule has 2 fully saturated rings. The molecule has 1 N–H and O–H groups in total. The highest BCUT2D eigenvalue weighted by atomic mass is 16.5. The van der Waals surface area contributed by atoms with Gasteiger partial charge in [0.25, 0.3) is 0 Å². The van der Waals surface area contributed by atoms with Gasteiger partial charge < -0.3 is 10.1 Å². The third-order valence-corrected chi connectivity index (χ3v) is 5.17. The van der Waals surface area contributed by atoms with E-state index in [4.69, 9.17) is 4.74 Å². The molecular weight excluding hydrogens is 248 g/mol. The molecular formula is C17H34N2O. The molecule has 3 atom stereocenters. The van der Waals surface area contributed by atoms with Crippen molar-refractivity contribution < 1.29 is 4.74 Å². The van der Waals surface area contributed by atoms with Crippen molar-refractivity contribution >= 4 is 0 Å². The predicted octanol–water partition coefficient (Wildman–Crippen LogP) is 2.90. The first kappa shape index (κ1) is 16.3. The number of nitrogens with one attached hydrogen (secondary N) is 1. The lowest BCUT2D eigenvalue weighted by Crippen LogP contribution is -2.56. The van der Waals surface area contributed by atoms with Gasteiger partial charge in [-0.05, 0) is 57.9 Å². The molecule has 1 saturated heterocycles. The van der Waals surface area contributed by atoms with Gasteiger partial charge in [-0.15, -0.1) is 0 Å². The molecule has 0 amide bonds. The maximum atomic E-state index is 5.66. The van der Waals surface area contributed by atoms with Crippen LogP contribution in [0.4, 0.5) is 0 Å². The summed E-state index contributed by atoms with van der Waals surface area (Å²) in [6, 6.07) is 0.727. The van der Waals surface area contributed by atoms with Gasteiger partial charge in [-0.3, -0.25) is 4.90 Å². The molecule has 0 bridgehead atoms. The molecule has 0 aromatic carbocycles. The lowest BCUT2D eigenvalue weighted by atomic mass is 9.78. The molecule has 0 aromatic heterocycles. The Morgan fingerprint density at radius 1 is 1.30 bits per heavy atom. The fourth-order valence-corrected chi connectivity index (χ4v) is 3.81. The van der Waals surface area contributed by atoms with Crippen molar-refractivity contribution in [1.82, 2.24) is 10.2 Å². The van der Waals surface area contributed by atoms with Crippen LogP contribution in [0.5, 0.6) is 0 Å². The largest absolute Gasteiger partial charge is 0.378 e. The van der Waals surface area contributed by atoms with Gasteiger partial charge in [0.15, 0.2) is 0 Å². The first-order valence-electron chi connectivity index (χ1n) is 8.59. The minimum absolute atomic E-state index is 0.203. The number of rotatable bonds is 5. The summed E-state index contributed by atoms with van der Waals surface area (Å²) in [7, 11) is 0. The monoisotopic (exact) mass is 282 g/mol. The molecule has 1 saturated carbocycles. The summed E-state index contributed by atoms with van der Waals surface area (Å²) in [6.07, 6.45) is 5.37. The van der Waals surface area contributed by atoms with Crippen molar-refractivity contribution in [1.29, 1.82) is 0 Å². The Morgan fingerprint density at radius 2 is 2.10 bits per heavy atom. The molecule has 118 valence electrons. The summed E-state index contributed by atoms with van der Waals surface area (Å²) in [5.74, 6) is 1.70. The molecule has 3 unspecified atom stereocenters. The Bertz CT molecular complexity index is 291. The first-order valence-corrected chi connectivity index (χ1v) is 8.59. The Kier molecular flexibility index (Phi) is 5.88. The first-order chi connectivity index (χ1) is 9.53. The topological polar surface area (TPSA) is 24.5 Å². The maximum Gasteiger partial charge on any atom is 0.0645 e. The molecule has 3 heteroatoms. The highest BCUT2D eigenvalue weighted by Crippen LogP contribution is 2.32. The van der Waals surface area contributed by atoms with Crippen LogP contribution in [0.15, 0.2) is 0 Å². The smallest absolute Gasteiger partial charge is 0.0645 e. The Morgan fingerprint density at radius 3 is 2.80 bits per heavy atom. The van der Waals surface area contributed by atoms with E-state index >= 15 is 0 Å². The quantitative estimate of drug-likeness (QED) is 0.839. The van der Waals surface area contributed by atoms with Crippen LogP contribution in [0, 0.1) is 11.8 Å². The number of hydrogen-bond donors (Lipinski definition) is 1. The molecule has 3 nitrogen and oxygen atoms in total. The minimum Gasteiger partial charge on any atom is -0.378 e. The lowest BCUT2D eigenvalue weighted by molar-refractivity contribution is -0.0623. The second-order valence-corrected chi connectivity index (χ2v) is 7.55. The number of hydrogen-bond acceptors (Lipinski definition) is 3. The van der Waals surface area contributed by atoms with Gasteiger partial charge >= 0.3 is 0 Å². The second-order valence-electron chi connectivity index (χ2n) is 7.55. The zero-order chi connectivity index (χ0) is 14.6. The van der Waals surface area contributed by atoms with Gasteiger partial charge in [-0.25, -0.2) is 0 Å². The van der Waals surface area contributed by atoms with E-state index < -0.39 is 0 Å². The van der Waals surface area contributed by atoms with Crippen molar-refractivity contribution in [2.24, 2.45) is 11.8 Å². The molecule has 0 radical (unpaired) electrons. The van der Waals surface area contributed by atoms with Gasteiger partial charge in [-0.2, -0.15) is 0 Å². The normalized spacial score (nSPS) is 35.1. The van der Waals surface area contributed by atoms with E-state index in [1.807, 2.05) is 0 Å². The van der Waals surface area contributed by atoms with Crippen molar-refractivity contribution in [3.63, 3.8) is 0 Å². The third-order valence-electron chi connectivity index (χ3n) is 5.17. The highest BCUT2D eigenvalue weighted by Gasteiger charge is 2.35. The average Bonchev–Trinajstić information content (AvgIpc) is 2.40. The zero-order valence-electron chi connectivity index (χ0n) is 14.0. The summed E-state index contributed by atoms with van der Waals surface area (Å²) >= 11 is 0. The highest BCUT2D eigenvalue weighted by molar-refractivity contribution is 4.91. The standard InChI is InChI=1S/C17H34N2O/c1-5-8-18-16-7-6-14(2)11-15(16)12-19-9-10-20-13-17(19,3)4/h14-16,18H,5-13H2,1-4H3. The molecule has 2 rings (SSSR count). The van der Waals surface area contributed by atoms with Crippen molar-refractivity contribution in [3.05, 3.63) is 0 Å². The van der Waals surface area contributed by atoms with E-state index in [1.54, 1.807) is 0 Å². The predicted molar refractivity (Wildman–Crippen MR) is 85.1 cm³/mol. The number of ether oxygens (including phenoxy) is 1. The summed E-state index contributed by atoms with van der Waals surface area (Å²) in [4.78, 5) is 2.67. The van der Waals surface area contributed by atoms with Crippen molar-refractivity contribution in [2.45, 2.75) is 65.0 Å². The molecule has 1 aliphatic heterocycles. The van der Waals surface area contributed by atoms with E-state index in [-0.39, 0.29) is 5.54 Å². The van der Waals surface area contributed by atoms with Crippen LogP contribution in [0.1, 0.15) is 53.4 Å². The second kappa shape index (κ2) is 7.24. The molecule has 1 aliphatic carbocycles. The number of nitrogens with zero attached hydrogens (tertiary/aromatic N) is 1. The van der Waals surface area contributed by atoms with Crippen molar-refractivity contribution in [3.8, 4) is 0 Å². The van der Waals surface area contributed by atoms with Crippen LogP contribution in [0.25, 0.3) is 0 Å². The number of morpholine rings is 1. The molecule has 2 aliphatic rings. The Labute approximate surface area is 125 Å². The van der Waals surface area contributed by atoms with E-state index in [0.717, 1.165) is 37.6 Å². The molecule has 0 spiro atoms. The van der Waals surface area contributed by atoms with Gasteiger partial charge in [0.2, 0.25) is 0 Å². The van der Waals surface area contributed by atoms with Gasteiger partial charge in [0, 0.05) is 24.7 Å². The van der Waals surface area contributed by atoms with Gasteiger partial charge in [0.1, 0.15) is 0 Å². The third kappa shape index (κ3) is 4.19. The maximum absolute atomic E-state index is 5.66. The van der Waals surface area contributed by atoms with Crippen LogP contribution in [0.3, 0.4) is 0 Å². The zero-order valence-corrected chi connectivity index (χ0v) is 14.0. The summed E-state index contributed by atoms with van der Waals surface area (Å²) < 4.78 is 5.66. The van der Waals surface area contributed by atoms with Crippen LogP contribution in [0.2, 0.25) is 0 Å². The molecule has 20 heavy (non-hydrogen) atoms. The fourth-order valence-electron chi connectivity index (χ4n) is 3.81. The van der Waals surface area contributed by atoms with E-state index in [1.165, 1.54) is 38.8 Å². The van der Waals surface area contributed by atoms with Gasteiger partial charge in [-0.1, -0.05) is 13.8 Å². The lowest BCUT2D eigenvalue weighted by Gasteiger charge is -2.46. The minimum atomic E-state index is 0.203. The molecule has 0 aromatic rings. The summed E-state index contributed by atoms with van der Waals surface area (Å²) in [6.45, 7) is 14.6. The average molecular weight is 282 g/mol. The van der Waals surface area contributed by atoms with E-state index in [0.29, 0.717) is 0 Å². The van der Waals surface area contributed by atoms with Crippen LogP contribution in [-0.4, -0.2) is 49.3 Å². The van der Waals surface area contributed by atoms with E-state index in [2.05, 4.69) is 37.9 Å². The van der Waals surface area contributed by atoms with E-state index in [9.17, 15) is 0 Å². The summed E-state index contributed by atoms with van der Waals surface area (Å²) in [5.41, 5.74) is 0.203. The van der Waals surface area contributed by atoms with Gasteiger partial charge in [0.05, 0.1) is 13.2 Å². The Hall–Kier alpha value is -0.120. The SMILES string of the molecule is CCCNC1CCC(C)CC1CN1CCOCC1(C)C.